The largest absolute Gasteiger partial charge is 0.494 e. The van der Waals surface area contributed by atoms with Gasteiger partial charge in [-0.1, -0.05) is 45.0 Å². The minimum Gasteiger partial charge on any atom is -0.494 e. The number of ether oxygens (including phenoxy) is 3. The fraction of sp³-hybridized carbons (Fsp3) is 0.441. The fourth-order valence-corrected chi connectivity index (χ4v) is 5.58. The first-order chi connectivity index (χ1) is 21.2. The van der Waals surface area contributed by atoms with E-state index in [1.807, 2.05) is 51.1 Å². The Balaban J connectivity index is 1.40. The van der Waals surface area contributed by atoms with Gasteiger partial charge in [0.1, 0.15) is 12.4 Å². The Bertz CT molecular complexity index is 1520. The number of fused-ring (bicyclic) bond motifs is 1. The SMILES string of the molecule is COc1c(NC(=O)C(=O)c2ccc(OCCN3CCOCC3)c3ccccc23)cc(C(C)(C)C)cc1C(=O)N1CCNCC1. The van der Waals surface area contributed by atoms with Gasteiger partial charge in [0.25, 0.3) is 17.6 Å². The molecule has 0 aliphatic carbocycles. The predicted molar refractivity (Wildman–Crippen MR) is 170 cm³/mol. The molecule has 2 amide bonds. The molecule has 0 bridgehead atoms. The molecule has 3 aromatic carbocycles. The number of Topliss-reactive ketones (excluding diaryl/α,β-unsaturated/α-hetero) is 1. The highest BCUT2D eigenvalue weighted by molar-refractivity contribution is 6.48. The van der Waals surface area contributed by atoms with Crippen molar-refractivity contribution in [3.63, 3.8) is 0 Å². The van der Waals surface area contributed by atoms with Crippen LogP contribution in [0.1, 0.15) is 47.1 Å². The minimum atomic E-state index is -0.818. The molecule has 2 saturated heterocycles. The third-order valence-corrected chi connectivity index (χ3v) is 8.15. The Morgan fingerprint density at radius 2 is 1.64 bits per heavy atom. The summed E-state index contributed by atoms with van der Waals surface area (Å²) in [6.45, 7) is 13.1. The number of amides is 2. The summed E-state index contributed by atoms with van der Waals surface area (Å²) < 4.78 is 17.2. The molecule has 0 spiro atoms. The summed E-state index contributed by atoms with van der Waals surface area (Å²) in [6.07, 6.45) is 0. The Morgan fingerprint density at radius 3 is 2.32 bits per heavy atom. The van der Waals surface area contributed by atoms with E-state index in [-0.39, 0.29) is 28.3 Å². The van der Waals surface area contributed by atoms with Crippen molar-refractivity contribution in [2.24, 2.45) is 0 Å². The van der Waals surface area contributed by atoms with Crippen molar-refractivity contribution < 1.29 is 28.6 Å². The number of benzene rings is 3. The Hall–Kier alpha value is -3.99. The lowest BCUT2D eigenvalue weighted by Crippen LogP contribution is -2.46. The van der Waals surface area contributed by atoms with E-state index in [1.165, 1.54) is 7.11 Å². The van der Waals surface area contributed by atoms with E-state index in [9.17, 15) is 14.4 Å². The summed E-state index contributed by atoms with van der Waals surface area (Å²) in [5.41, 5.74) is 1.41. The van der Waals surface area contributed by atoms with Crippen LogP contribution in [0.2, 0.25) is 0 Å². The summed E-state index contributed by atoms with van der Waals surface area (Å²) >= 11 is 0. The molecule has 234 valence electrons. The van der Waals surface area contributed by atoms with Crippen LogP contribution in [-0.4, -0.2) is 100 Å². The number of piperazine rings is 1. The fourth-order valence-electron chi connectivity index (χ4n) is 5.58. The average molecular weight is 603 g/mol. The molecule has 3 aromatic rings. The first kappa shape index (κ1) is 31.4. The average Bonchev–Trinajstić information content (AvgIpc) is 3.04. The highest BCUT2D eigenvalue weighted by Gasteiger charge is 2.29. The lowest BCUT2D eigenvalue weighted by Gasteiger charge is -2.29. The molecule has 2 aliphatic heterocycles. The van der Waals surface area contributed by atoms with Crippen LogP contribution in [0, 0.1) is 0 Å². The highest BCUT2D eigenvalue weighted by Crippen LogP contribution is 2.37. The smallest absolute Gasteiger partial charge is 0.296 e. The van der Waals surface area contributed by atoms with Gasteiger partial charge in [-0.05, 0) is 40.6 Å². The monoisotopic (exact) mass is 602 g/mol. The van der Waals surface area contributed by atoms with Crippen LogP contribution in [0.25, 0.3) is 10.8 Å². The zero-order chi connectivity index (χ0) is 31.3. The van der Waals surface area contributed by atoms with Gasteiger partial charge in [0.2, 0.25) is 0 Å². The predicted octanol–water partition coefficient (Wildman–Crippen LogP) is 3.72. The lowest BCUT2D eigenvalue weighted by molar-refractivity contribution is -0.112. The van der Waals surface area contributed by atoms with E-state index in [2.05, 4.69) is 15.5 Å². The molecule has 0 unspecified atom stereocenters. The van der Waals surface area contributed by atoms with Gasteiger partial charge in [0.15, 0.2) is 5.75 Å². The number of rotatable bonds is 9. The first-order valence-electron chi connectivity index (χ1n) is 15.2. The van der Waals surface area contributed by atoms with Gasteiger partial charge in [-0.2, -0.15) is 0 Å². The number of nitrogens with zero attached hydrogens (tertiary/aromatic N) is 2. The maximum atomic E-state index is 13.6. The third kappa shape index (κ3) is 7.04. The van der Waals surface area contributed by atoms with E-state index < -0.39 is 11.7 Å². The molecule has 10 heteroatoms. The summed E-state index contributed by atoms with van der Waals surface area (Å²) in [7, 11) is 1.46. The molecular formula is C34H42N4O6. The van der Waals surface area contributed by atoms with Gasteiger partial charge in [-0.15, -0.1) is 0 Å². The van der Waals surface area contributed by atoms with Crippen molar-refractivity contribution in [2.45, 2.75) is 26.2 Å². The van der Waals surface area contributed by atoms with Crippen molar-refractivity contribution >= 4 is 34.1 Å². The van der Waals surface area contributed by atoms with E-state index in [0.717, 1.165) is 43.8 Å². The molecule has 2 heterocycles. The van der Waals surface area contributed by atoms with Crippen molar-refractivity contribution in [1.29, 1.82) is 0 Å². The molecule has 0 atom stereocenters. The number of morpholine rings is 1. The van der Waals surface area contributed by atoms with Crippen LogP contribution in [-0.2, 0) is 14.9 Å². The second-order valence-electron chi connectivity index (χ2n) is 12.1. The maximum absolute atomic E-state index is 13.6. The molecule has 2 fully saturated rings. The van der Waals surface area contributed by atoms with Crippen LogP contribution in [0.3, 0.4) is 0 Å². The van der Waals surface area contributed by atoms with Crippen molar-refractivity contribution in [3.8, 4) is 11.5 Å². The van der Waals surface area contributed by atoms with Crippen molar-refractivity contribution in [1.82, 2.24) is 15.1 Å². The van der Waals surface area contributed by atoms with E-state index in [1.54, 1.807) is 23.1 Å². The molecule has 0 saturated carbocycles. The lowest BCUT2D eigenvalue weighted by atomic mass is 9.85. The molecule has 5 rings (SSSR count). The van der Waals surface area contributed by atoms with Crippen LogP contribution < -0.4 is 20.1 Å². The molecule has 2 aliphatic rings. The van der Waals surface area contributed by atoms with Gasteiger partial charge in [0.05, 0.1) is 31.6 Å². The zero-order valence-electron chi connectivity index (χ0n) is 26.0. The van der Waals surface area contributed by atoms with Crippen molar-refractivity contribution in [3.05, 3.63) is 65.2 Å². The van der Waals surface area contributed by atoms with Crippen LogP contribution >= 0.6 is 0 Å². The number of ketones is 1. The number of carbonyl (C=O) groups excluding carboxylic acids is 3. The Labute approximate surface area is 258 Å². The number of hydrogen-bond acceptors (Lipinski definition) is 8. The molecule has 0 radical (unpaired) electrons. The molecule has 44 heavy (non-hydrogen) atoms. The van der Waals surface area contributed by atoms with Gasteiger partial charge < -0.3 is 29.7 Å². The second kappa shape index (κ2) is 13.8. The summed E-state index contributed by atoms with van der Waals surface area (Å²) in [6, 6.07) is 14.4. The van der Waals surface area contributed by atoms with Gasteiger partial charge >= 0.3 is 0 Å². The van der Waals surface area contributed by atoms with Gasteiger partial charge in [0, 0.05) is 56.8 Å². The van der Waals surface area contributed by atoms with Crippen LogP contribution in [0.5, 0.6) is 11.5 Å². The minimum absolute atomic E-state index is 0.175. The number of carbonyl (C=O) groups is 3. The van der Waals surface area contributed by atoms with Gasteiger partial charge in [-0.25, -0.2) is 0 Å². The quantitative estimate of drug-likeness (QED) is 0.282. The molecule has 0 aromatic heterocycles. The molecule has 10 nitrogen and oxygen atoms in total. The van der Waals surface area contributed by atoms with E-state index in [4.69, 9.17) is 14.2 Å². The number of hydrogen-bond donors (Lipinski definition) is 2. The standard InChI is InChI=1S/C34H42N4O6/c1-34(2,3)23-21-27(33(41)38-13-11-35-12-14-38)31(42-4)28(22-23)36-32(40)30(39)26-9-10-29(25-8-6-5-7-24(25)26)44-20-17-37-15-18-43-19-16-37/h5-10,21-22,35H,11-20H2,1-4H3,(H,36,40). The summed E-state index contributed by atoms with van der Waals surface area (Å²) in [5.74, 6) is -0.801. The second-order valence-corrected chi connectivity index (χ2v) is 12.1. The number of nitrogens with one attached hydrogen (secondary N) is 2. The highest BCUT2D eigenvalue weighted by atomic mass is 16.5. The summed E-state index contributed by atoms with van der Waals surface area (Å²) in [5, 5.41) is 7.41. The van der Waals surface area contributed by atoms with Crippen molar-refractivity contribution in [2.75, 3.05) is 78.1 Å². The van der Waals surface area contributed by atoms with E-state index in [0.29, 0.717) is 49.5 Å². The third-order valence-electron chi connectivity index (χ3n) is 8.15. The molecular weight excluding hydrogens is 560 g/mol. The Kier molecular flexibility index (Phi) is 9.83. The van der Waals surface area contributed by atoms with Crippen LogP contribution in [0.15, 0.2) is 48.5 Å². The van der Waals surface area contributed by atoms with Gasteiger partial charge in [-0.3, -0.25) is 19.3 Å². The number of anilines is 1. The van der Waals surface area contributed by atoms with E-state index >= 15 is 0 Å². The summed E-state index contributed by atoms with van der Waals surface area (Å²) in [4.78, 5) is 44.9. The number of methoxy groups -OCH3 is 1. The van der Waals surface area contributed by atoms with Crippen LogP contribution in [0.4, 0.5) is 5.69 Å². The first-order valence-corrected chi connectivity index (χ1v) is 15.2. The maximum Gasteiger partial charge on any atom is 0.296 e. The normalized spacial score (nSPS) is 16.0. The Morgan fingerprint density at radius 1 is 0.932 bits per heavy atom. The topological polar surface area (TPSA) is 109 Å². The zero-order valence-corrected chi connectivity index (χ0v) is 26.0. The molecule has 2 N–H and O–H groups in total.